The van der Waals surface area contributed by atoms with Crippen molar-refractivity contribution in [1.82, 2.24) is 16.0 Å². The van der Waals surface area contributed by atoms with Crippen LogP contribution in [0.1, 0.15) is 48.0 Å². The van der Waals surface area contributed by atoms with Crippen LogP contribution in [0.3, 0.4) is 0 Å². The zero-order valence-corrected chi connectivity index (χ0v) is 17.8. The van der Waals surface area contributed by atoms with Gasteiger partial charge >= 0.3 is 12.1 Å². The molecular weight excluding hydrogens is 366 g/mol. The van der Waals surface area contributed by atoms with Gasteiger partial charge in [0.05, 0.1) is 6.42 Å². The number of hydrogen-bond donors (Lipinski definition) is 3. The number of esters is 1. The molecule has 0 saturated heterocycles. The van der Waals surface area contributed by atoms with Gasteiger partial charge in [-0.25, -0.2) is 4.79 Å². The molecule has 0 spiro atoms. The molecule has 9 heteroatoms. The number of nitrogens with one attached hydrogen (secondary N) is 3. The third kappa shape index (κ3) is 9.94. The van der Waals surface area contributed by atoms with Crippen LogP contribution in [-0.2, 0) is 23.9 Å². The van der Waals surface area contributed by atoms with Crippen molar-refractivity contribution in [2.75, 3.05) is 13.7 Å². The Kier molecular flexibility index (Phi) is 9.69. The normalized spacial score (nSPS) is 13.5. The minimum atomic E-state index is -1.28. The van der Waals surface area contributed by atoms with E-state index in [1.807, 2.05) is 0 Å². The summed E-state index contributed by atoms with van der Waals surface area (Å²) in [7, 11) is 1.45. The van der Waals surface area contributed by atoms with Gasteiger partial charge in [0.15, 0.2) is 0 Å². The van der Waals surface area contributed by atoms with E-state index in [4.69, 9.17) is 9.47 Å². The van der Waals surface area contributed by atoms with Crippen molar-refractivity contribution in [3.8, 4) is 0 Å². The van der Waals surface area contributed by atoms with Crippen LogP contribution in [0, 0.1) is 5.41 Å². The molecule has 0 radical (unpaired) electrons. The van der Waals surface area contributed by atoms with Crippen molar-refractivity contribution in [3.63, 3.8) is 0 Å². The maximum absolute atomic E-state index is 12.7. The number of carbonyl (C=O) groups is 4. The van der Waals surface area contributed by atoms with E-state index in [2.05, 4.69) is 22.5 Å². The number of carbonyl (C=O) groups excluding carboxylic acids is 4. The summed E-state index contributed by atoms with van der Waals surface area (Å²) in [5, 5.41) is 7.44. The summed E-state index contributed by atoms with van der Waals surface area (Å²) in [5.74, 6) is -1.81. The van der Waals surface area contributed by atoms with Crippen LogP contribution in [0.15, 0.2) is 12.7 Å². The summed E-state index contributed by atoms with van der Waals surface area (Å²) in [6, 6.07) is -2.15. The fraction of sp³-hybridized carbons (Fsp3) is 0.684. The van der Waals surface area contributed by atoms with Gasteiger partial charge in [-0.05, 0) is 26.2 Å². The van der Waals surface area contributed by atoms with E-state index in [1.165, 1.54) is 13.1 Å². The SMILES string of the molecule is C=CCOC(=O)CC(NC(=O)OC(C)(C)C)C(=O)NC(C(=O)NC)C(C)(C)C. The van der Waals surface area contributed by atoms with Crippen LogP contribution in [-0.4, -0.2) is 55.2 Å². The molecule has 0 aliphatic rings. The molecule has 0 rings (SSSR count). The van der Waals surface area contributed by atoms with Crippen molar-refractivity contribution < 1.29 is 28.7 Å². The van der Waals surface area contributed by atoms with Crippen LogP contribution in [0.4, 0.5) is 4.79 Å². The first-order valence-electron chi connectivity index (χ1n) is 8.99. The maximum Gasteiger partial charge on any atom is 0.408 e. The summed E-state index contributed by atoms with van der Waals surface area (Å²) >= 11 is 0. The lowest BCUT2D eigenvalue weighted by Crippen LogP contribution is -2.58. The number of rotatable bonds is 8. The minimum absolute atomic E-state index is 0.0253. The van der Waals surface area contributed by atoms with E-state index in [0.717, 1.165) is 0 Å². The van der Waals surface area contributed by atoms with Crippen molar-refractivity contribution in [2.24, 2.45) is 5.41 Å². The zero-order valence-electron chi connectivity index (χ0n) is 17.8. The smallest absolute Gasteiger partial charge is 0.408 e. The molecule has 2 atom stereocenters. The van der Waals surface area contributed by atoms with Gasteiger partial charge in [-0.15, -0.1) is 0 Å². The van der Waals surface area contributed by atoms with Crippen molar-refractivity contribution in [3.05, 3.63) is 12.7 Å². The van der Waals surface area contributed by atoms with E-state index in [1.54, 1.807) is 41.5 Å². The lowest BCUT2D eigenvalue weighted by Gasteiger charge is -2.31. The molecule has 3 amide bonds. The van der Waals surface area contributed by atoms with Gasteiger partial charge in [-0.2, -0.15) is 0 Å². The van der Waals surface area contributed by atoms with Crippen LogP contribution in [0.5, 0.6) is 0 Å². The molecule has 0 aromatic carbocycles. The average Bonchev–Trinajstić information content (AvgIpc) is 2.53. The maximum atomic E-state index is 12.7. The molecule has 0 aromatic heterocycles. The molecule has 0 saturated carbocycles. The molecule has 0 aromatic rings. The molecule has 0 aliphatic carbocycles. The molecular formula is C19H33N3O6. The fourth-order valence-electron chi connectivity index (χ4n) is 2.10. The van der Waals surface area contributed by atoms with Gasteiger partial charge in [0.2, 0.25) is 11.8 Å². The fourth-order valence-corrected chi connectivity index (χ4v) is 2.10. The second-order valence-electron chi connectivity index (χ2n) is 8.30. The molecule has 2 unspecified atom stereocenters. The molecule has 28 heavy (non-hydrogen) atoms. The molecule has 9 nitrogen and oxygen atoms in total. The summed E-state index contributed by atoms with van der Waals surface area (Å²) in [4.78, 5) is 48.9. The van der Waals surface area contributed by atoms with Gasteiger partial charge in [0.1, 0.15) is 24.3 Å². The Labute approximate surface area is 166 Å². The predicted molar refractivity (Wildman–Crippen MR) is 104 cm³/mol. The third-order valence-corrected chi connectivity index (χ3v) is 3.40. The Hall–Kier alpha value is -2.58. The highest BCUT2D eigenvalue weighted by Gasteiger charge is 2.35. The molecule has 0 bridgehead atoms. The summed E-state index contributed by atoms with van der Waals surface area (Å²) in [6.45, 7) is 13.8. The van der Waals surface area contributed by atoms with E-state index in [-0.39, 0.29) is 6.61 Å². The highest BCUT2D eigenvalue weighted by Crippen LogP contribution is 2.19. The first-order chi connectivity index (χ1) is 12.7. The standard InChI is InChI=1S/C19H33N3O6/c1-9-10-27-13(23)11-12(21-17(26)28-19(5,6)7)15(24)22-14(16(25)20-8)18(2,3)4/h9,12,14H,1,10-11H2,2-8H3,(H,20,25)(H,21,26)(H,22,24). The quantitative estimate of drug-likeness (QED) is 0.417. The van der Waals surface area contributed by atoms with Crippen LogP contribution in [0.25, 0.3) is 0 Å². The number of amides is 3. The van der Waals surface area contributed by atoms with Gasteiger partial charge in [0, 0.05) is 7.05 Å². The summed E-state index contributed by atoms with van der Waals surface area (Å²) in [6.07, 6.45) is 0.0929. The Morgan fingerprint density at radius 1 is 1.00 bits per heavy atom. The lowest BCUT2D eigenvalue weighted by molar-refractivity contribution is -0.145. The van der Waals surface area contributed by atoms with Gasteiger partial charge < -0.3 is 25.4 Å². The first kappa shape index (κ1) is 25.4. The molecule has 0 fully saturated rings. The van der Waals surface area contributed by atoms with Crippen molar-refractivity contribution in [1.29, 1.82) is 0 Å². The first-order valence-corrected chi connectivity index (χ1v) is 8.99. The van der Waals surface area contributed by atoms with E-state index in [9.17, 15) is 19.2 Å². The van der Waals surface area contributed by atoms with Gasteiger partial charge in [0.25, 0.3) is 0 Å². The van der Waals surface area contributed by atoms with E-state index >= 15 is 0 Å². The van der Waals surface area contributed by atoms with Gasteiger partial charge in [-0.3, -0.25) is 14.4 Å². The van der Waals surface area contributed by atoms with Crippen molar-refractivity contribution in [2.45, 2.75) is 65.6 Å². The Morgan fingerprint density at radius 2 is 1.57 bits per heavy atom. The minimum Gasteiger partial charge on any atom is -0.461 e. The highest BCUT2D eigenvalue weighted by atomic mass is 16.6. The van der Waals surface area contributed by atoms with E-state index in [0.29, 0.717) is 0 Å². The van der Waals surface area contributed by atoms with Crippen LogP contribution in [0.2, 0.25) is 0 Å². The Morgan fingerprint density at radius 3 is 2.00 bits per heavy atom. The summed E-state index contributed by atoms with van der Waals surface area (Å²) in [5.41, 5.74) is -1.39. The van der Waals surface area contributed by atoms with Crippen LogP contribution >= 0.6 is 0 Å². The third-order valence-electron chi connectivity index (χ3n) is 3.40. The Bertz CT molecular complexity index is 589. The Balaban J connectivity index is 5.41. The summed E-state index contributed by atoms with van der Waals surface area (Å²) < 4.78 is 10.0. The van der Waals surface area contributed by atoms with Crippen LogP contribution < -0.4 is 16.0 Å². The number of alkyl carbamates (subject to hydrolysis) is 1. The predicted octanol–water partition coefficient (Wildman–Crippen LogP) is 1.28. The molecule has 0 heterocycles. The number of ether oxygens (including phenoxy) is 2. The lowest BCUT2D eigenvalue weighted by atomic mass is 9.86. The highest BCUT2D eigenvalue weighted by molar-refractivity contribution is 5.93. The van der Waals surface area contributed by atoms with E-state index < -0.39 is 53.4 Å². The second-order valence-corrected chi connectivity index (χ2v) is 8.30. The zero-order chi connectivity index (χ0) is 22.1. The van der Waals surface area contributed by atoms with Gasteiger partial charge in [-0.1, -0.05) is 33.4 Å². The molecule has 160 valence electrons. The molecule has 0 aliphatic heterocycles. The molecule has 3 N–H and O–H groups in total. The largest absolute Gasteiger partial charge is 0.461 e. The van der Waals surface area contributed by atoms with Crippen molar-refractivity contribution >= 4 is 23.9 Å². The average molecular weight is 399 g/mol. The number of hydrogen-bond acceptors (Lipinski definition) is 6. The second kappa shape index (κ2) is 10.7. The monoisotopic (exact) mass is 399 g/mol. The topological polar surface area (TPSA) is 123 Å². The number of likely N-dealkylation sites (N-methyl/N-ethyl adjacent to an activating group) is 1.